The Balaban J connectivity index is 2.85. The summed E-state index contributed by atoms with van der Waals surface area (Å²) in [7, 11) is -3.71. The molecule has 0 fully saturated rings. The average Bonchev–Trinajstić information content (AvgIpc) is 2.38. The Kier molecular flexibility index (Phi) is 6.25. The predicted molar refractivity (Wildman–Crippen MR) is 77.1 cm³/mol. The van der Waals surface area contributed by atoms with Gasteiger partial charge in [-0.2, -0.15) is 11.8 Å². The molecule has 0 aliphatic heterocycles. The molecule has 0 saturated carbocycles. The van der Waals surface area contributed by atoms with Gasteiger partial charge in [-0.25, -0.2) is 17.5 Å². The Morgan fingerprint density at radius 3 is 2.74 bits per heavy atom. The second-order valence-electron chi connectivity index (χ2n) is 4.19. The maximum atomic E-state index is 13.2. The summed E-state index contributed by atoms with van der Waals surface area (Å²) >= 11 is 1.67. The molecule has 0 heterocycles. The molecule has 0 aromatic heterocycles. The van der Waals surface area contributed by atoms with Crippen molar-refractivity contribution in [2.75, 3.05) is 12.8 Å². The van der Waals surface area contributed by atoms with Crippen LogP contribution < -0.4 is 10.5 Å². The standard InChI is InChI=1S/C12H19FN2O2S2/c1-9(18-2)5-6-15-19(16,17)12-7-11(13)4-3-10(12)8-14/h3-4,7,9,15H,5-6,8,14H2,1-2H3. The third-order valence-corrected chi connectivity index (χ3v) is 5.37. The van der Waals surface area contributed by atoms with Crippen molar-refractivity contribution in [3.8, 4) is 0 Å². The van der Waals surface area contributed by atoms with Gasteiger partial charge in [-0.05, 0) is 30.4 Å². The van der Waals surface area contributed by atoms with Gasteiger partial charge in [0, 0.05) is 18.3 Å². The van der Waals surface area contributed by atoms with Crippen LogP contribution in [0.15, 0.2) is 23.1 Å². The summed E-state index contributed by atoms with van der Waals surface area (Å²) in [5.74, 6) is -0.588. The third-order valence-electron chi connectivity index (χ3n) is 2.78. The summed E-state index contributed by atoms with van der Waals surface area (Å²) in [6.07, 6.45) is 2.69. The van der Waals surface area contributed by atoms with Crippen LogP contribution in [0.4, 0.5) is 4.39 Å². The largest absolute Gasteiger partial charge is 0.326 e. The van der Waals surface area contributed by atoms with Crippen molar-refractivity contribution < 1.29 is 12.8 Å². The molecule has 3 N–H and O–H groups in total. The van der Waals surface area contributed by atoms with Gasteiger partial charge in [0.15, 0.2) is 0 Å². The summed E-state index contributed by atoms with van der Waals surface area (Å²) < 4.78 is 39.8. The monoisotopic (exact) mass is 306 g/mol. The summed E-state index contributed by atoms with van der Waals surface area (Å²) in [4.78, 5) is -0.0770. The number of nitrogens with two attached hydrogens (primary N) is 1. The molecule has 4 nitrogen and oxygen atoms in total. The number of nitrogens with one attached hydrogen (secondary N) is 1. The fraction of sp³-hybridized carbons (Fsp3) is 0.500. The van der Waals surface area contributed by atoms with Crippen LogP contribution in [0.1, 0.15) is 18.9 Å². The van der Waals surface area contributed by atoms with E-state index >= 15 is 0 Å². The number of rotatable bonds is 7. The minimum atomic E-state index is -3.71. The van der Waals surface area contributed by atoms with Crippen molar-refractivity contribution >= 4 is 21.8 Å². The Morgan fingerprint density at radius 2 is 2.16 bits per heavy atom. The van der Waals surface area contributed by atoms with Gasteiger partial charge in [0.05, 0.1) is 4.90 Å². The summed E-state index contributed by atoms with van der Waals surface area (Å²) in [6, 6.07) is 3.61. The topological polar surface area (TPSA) is 72.2 Å². The molecule has 108 valence electrons. The molecule has 0 saturated heterocycles. The van der Waals surface area contributed by atoms with Crippen LogP contribution in [-0.2, 0) is 16.6 Å². The number of hydrogen-bond acceptors (Lipinski definition) is 4. The lowest BCUT2D eigenvalue weighted by Crippen LogP contribution is -2.27. The molecule has 1 atom stereocenters. The maximum Gasteiger partial charge on any atom is 0.240 e. The van der Waals surface area contributed by atoms with E-state index in [9.17, 15) is 12.8 Å². The Hall–Kier alpha value is -0.630. The average molecular weight is 306 g/mol. The molecule has 19 heavy (non-hydrogen) atoms. The van der Waals surface area contributed by atoms with E-state index in [4.69, 9.17) is 5.73 Å². The van der Waals surface area contributed by atoms with Crippen molar-refractivity contribution in [1.29, 1.82) is 0 Å². The Bertz CT molecular complexity index is 520. The molecule has 0 spiro atoms. The van der Waals surface area contributed by atoms with Gasteiger partial charge in [0.25, 0.3) is 0 Å². The molecular formula is C12H19FN2O2S2. The van der Waals surface area contributed by atoms with E-state index in [1.807, 2.05) is 13.2 Å². The van der Waals surface area contributed by atoms with Crippen LogP contribution in [0.2, 0.25) is 0 Å². The van der Waals surface area contributed by atoms with Crippen LogP contribution in [0, 0.1) is 5.82 Å². The zero-order valence-electron chi connectivity index (χ0n) is 11.0. The summed E-state index contributed by atoms with van der Waals surface area (Å²) in [5, 5.41) is 0.365. The van der Waals surface area contributed by atoms with Crippen molar-refractivity contribution in [3.63, 3.8) is 0 Å². The lowest BCUT2D eigenvalue weighted by molar-refractivity contribution is 0.573. The van der Waals surface area contributed by atoms with E-state index in [1.54, 1.807) is 11.8 Å². The fourth-order valence-corrected chi connectivity index (χ4v) is 3.20. The first-order valence-corrected chi connectivity index (χ1v) is 8.68. The molecular weight excluding hydrogens is 287 g/mol. The maximum absolute atomic E-state index is 13.2. The Labute approximate surface area is 118 Å². The van der Waals surface area contributed by atoms with E-state index < -0.39 is 15.8 Å². The highest BCUT2D eigenvalue weighted by atomic mass is 32.2. The molecule has 7 heteroatoms. The zero-order chi connectivity index (χ0) is 14.5. The smallest absolute Gasteiger partial charge is 0.240 e. The van der Waals surface area contributed by atoms with Crippen molar-refractivity contribution in [1.82, 2.24) is 4.72 Å². The van der Waals surface area contributed by atoms with Gasteiger partial charge in [0.2, 0.25) is 10.0 Å². The van der Waals surface area contributed by atoms with Gasteiger partial charge < -0.3 is 5.73 Å². The molecule has 1 aromatic carbocycles. The number of thioether (sulfide) groups is 1. The minimum absolute atomic E-state index is 0.0533. The van der Waals surface area contributed by atoms with Crippen LogP contribution in [-0.4, -0.2) is 26.5 Å². The normalized spacial score (nSPS) is 13.5. The molecule has 0 radical (unpaired) electrons. The van der Waals surface area contributed by atoms with E-state index in [-0.39, 0.29) is 11.4 Å². The zero-order valence-corrected chi connectivity index (χ0v) is 12.7. The van der Waals surface area contributed by atoms with Crippen molar-refractivity contribution in [2.24, 2.45) is 5.73 Å². The number of sulfonamides is 1. The second kappa shape index (κ2) is 7.23. The van der Waals surface area contributed by atoms with Gasteiger partial charge in [0.1, 0.15) is 5.82 Å². The quantitative estimate of drug-likeness (QED) is 0.804. The summed E-state index contributed by atoms with van der Waals surface area (Å²) in [6.45, 7) is 2.40. The first kappa shape index (κ1) is 16.4. The second-order valence-corrected chi connectivity index (χ2v) is 7.20. The molecule has 0 bridgehead atoms. The Morgan fingerprint density at radius 1 is 1.47 bits per heavy atom. The summed E-state index contributed by atoms with van der Waals surface area (Å²) in [5.41, 5.74) is 5.89. The van der Waals surface area contributed by atoms with Crippen LogP contribution >= 0.6 is 11.8 Å². The van der Waals surface area contributed by atoms with Crippen LogP contribution in [0.3, 0.4) is 0 Å². The van der Waals surface area contributed by atoms with Gasteiger partial charge >= 0.3 is 0 Å². The molecule has 1 aromatic rings. The number of halogens is 1. The van der Waals surface area contributed by atoms with Crippen molar-refractivity contribution in [3.05, 3.63) is 29.6 Å². The van der Waals surface area contributed by atoms with E-state index in [0.717, 1.165) is 6.07 Å². The molecule has 0 amide bonds. The highest BCUT2D eigenvalue weighted by molar-refractivity contribution is 7.99. The SMILES string of the molecule is CSC(C)CCNS(=O)(=O)c1cc(F)ccc1CN. The third kappa shape index (κ3) is 4.76. The first-order valence-electron chi connectivity index (χ1n) is 5.91. The van der Waals surface area contributed by atoms with Gasteiger partial charge in [-0.15, -0.1) is 0 Å². The lowest BCUT2D eigenvalue weighted by Gasteiger charge is -2.12. The van der Waals surface area contributed by atoms with E-state index in [0.29, 0.717) is 23.8 Å². The molecule has 1 unspecified atom stereocenters. The van der Waals surface area contributed by atoms with E-state index in [2.05, 4.69) is 4.72 Å². The molecule has 0 aliphatic carbocycles. The lowest BCUT2D eigenvalue weighted by atomic mass is 10.2. The number of benzene rings is 1. The molecule has 1 rings (SSSR count). The van der Waals surface area contributed by atoms with Gasteiger partial charge in [-0.3, -0.25) is 0 Å². The predicted octanol–water partition coefficient (Wildman–Crippen LogP) is 1.70. The van der Waals surface area contributed by atoms with Crippen LogP contribution in [0.5, 0.6) is 0 Å². The number of hydrogen-bond donors (Lipinski definition) is 2. The van der Waals surface area contributed by atoms with Gasteiger partial charge in [-0.1, -0.05) is 13.0 Å². The first-order chi connectivity index (χ1) is 8.90. The molecule has 0 aliphatic rings. The highest BCUT2D eigenvalue weighted by Crippen LogP contribution is 2.17. The fourth-order valence-electron chi connectivity index (χ4n) is 1.54. The highest BCUT2D eigenvalue weighted by Gasteiger charge is 2.18. The van der Waals surface area contributed by atoms with Crippen molar-refractivity contribution in [2.45, 2.75) is 30.0 Å². The van der Waals surface area contributed by atoms with Crippen LogP contribution in [0.25, 0.3) is 0 Å². The van der Waals surface area contributed by atoms with E-state index in [1.165, 1.54) is 12.1 Å². The minimum Gasteiger partial charge on any atom is -0.326 e.